The molecule has 0 bridgehead atoms. The number of benzene rings is 2. The molecule has 1 aromatic heterocycles. The van der Waals surface area contributed by atoms with E-state index in [1.165, 1.54) is 0 Å². The molecule has 0 fully saturated rings. The number of amides is 1. The Labute approximate surface area is 135 Å². The first kappa shape index (κ1) is 15.0. The largest absolute Gasteiger partial charge is 0.365 e. The van der Waals surface area contributed by atoms with Gasteiger partial charge in [0, 0.05) is 26.2 Å². The van der Waals surface area contributed by atoms with Crippen molar-refractivity contribution in [3.05, 3.63) is 65.9 Å². The van der Waals surface area contributed by atoms with Gasteiger partial charge in [0.05, 0.1) is 17.2 Å². The molecule has 0 atom stereocenters. The van der Waals surface area contributed by atoms with E-state index < -0.39 is 0 Å². The van der Waals surface area contributed by atoms with Crippen molar-refractivity contribution in [3.8, 4) is 0 Å². The maximum Gasteiger partial charge on any atom is 0.253 e. The molecule has 5 nitrogen and oxygen atoms in total. The highest BCUT2D eigenvalue weighted by Crippen LogP contribution is 2.13. The summed E-state index contributed by atoms with van der Waals surface area (Å²) < 4.78 is 0. The van der Waals surface area contributed by atoms with Crippen LogP contribution in [-0.2, 0) is 6.54 Å². The highest BCUT2D eigenvalue weighted by Gasteiger charge is 2.07. The molecule has 5 heteroatoms. The van der Waals surface area contributed by atoms with Gasteiger partial charge in [0.25, 0.3) is 5.91 Å². The number of carbonyl (C=O) groups excluding carboxylic acids is 1. The highest BCUT2D eigenvalue weighted by molar-refractivity contribution is 5.93. The van der Waals surface area contributed by atoms with E-state index >= 15 is 0 Å². The van der Waals surface area contributed by atoms with Crippen LogP contribution in [0.4, 0.5) is 5.82 Å². The van der Waals surface area contributed by atoms with Crippen LogP contribution in [0, 0.1) is 0 Å². The van der Waals surface area contributed by atoms with Crippen molar-refractivity contribution in [3.63, 3.8) is 0 Å². The van der Waals surface area contributed by atoms with E-state index in [1.807, 2.05) is 48.5 Å². The van der Waals surface area contributed by atoms with Gasteiger partial charge in [0.1, 0.15) is 5.82 Å². The number of para-hydroxylation sites is 2. The lowest BCUT2D eigenvalue weighted by Gasteiger charge is -2.11. The molecule has 1 heterocycles. The maximum absolute atomic E-state index is 11.9. The predicted molar refractivity (Wildman–Crippen MR) is 91.3 cm³/mol. The summed E-state index contributed by atoms with van der Waals surface area (Å²) in [7, 11) is 3.49. The van der Waals surface area contributed by atoms with Gasteiger partial charge in [-0.15, -0.1) is 0 Å². The van der Waals surface area contributed by atoms with Gasteiger partial charge in [0.2, 0.25) is 0 Å². The number of carbonyl (C=O) groups is 1. The van der Waals surface area contributed by atoms with Crippen molar-refractivity contribution in [2.24, 2.45) is 0 Å². The average Bonchev–Trinajstić information content (AvgIpc) is 2.59. The summed E-state index contributed by atoms with van der Waals surface area (Å²) in [6.07, 6.45) is 1.73. The van der Waals surface area contributed by atoms with Gasteiger partial charge in [-0.3, -0.25) is 9.78 Å². The molecule has 0 aliphatic carbocycles. The van der Waals surface area contributed by atoms with Crippen LogP contribution in [0.15, 0.2) is 54.7 Å². The Balaban J connectivity index is 1.68. The first-order valence-corrected chi connectivity index (χ1v) is 7.40. The first-order valence-electron chi connectivity index (χ1n) is 7.40. The third-order valence-electron chi connectivity index (χ3n) is 3.53. The molecule has 0 aliphatic rings. The van der Waals surface area contributed by atoms with Crippen molar-refractivity contribution in [1.29, 1.82) is 0 Å². The van der Waals surface area contributed by atoms with E-state index in [0.29, 0.717) is 12.1 Å². The fourth-order valence-corrected chi connectivity index (χ4v) is 2.26. The van der Waals surface area contributed by atoms with Crippen LogP contribution >= 0.6 is 0 Å². The molecule has 1 amide bonds. The third kappa shape index (κ3) is 3.45. The summed E-state index contributed by atoms with van der Waals surface area (Å²) in [6, 6.07) is 15.3. The van der Waals surface area contributed by atoms with Crippen molar-refractivity contribution in [1.82, 2.24) is 14.9 Å². The van der Waals surface area contributed by atoms with Crippen molar-refractivity contribution < 1.29 is 4.79 Å². The number of anilines is 1. The zero-order valence-electron chi connectivity index (χ0n) is 13.2. The predicted octanol–water partition coefficient (Wildman–Crippen LogP) is 2.94. The second-order valence-corrected chi connectivity index (χ2v) is 5.49. The molecule has 116 valence electrons. The van der Waals surface area contributed by atoms with Gasteiger partial charge in [-0.25, -0.2) is 4.98 Å². The van der Waals surface area contributed by atoms with Crippen molar-refractivity contribution in [2.75, 3.05) is 19.4 Å². The minimum atomic E-state index is 0.00454. The van der Waals surface area contributed by atoms with Crippen LogP contribution in [-0.4, -0.2) is 34.9 Å². The van der Waals surface area contributed by atoms with Crippen LogP contribution in [0.25, 0.3) is 11.0 Å². The topological polar surface area (TPSA) is 58.1 Å². The quantitative estimate of drug-likeness (QED) is 0.805. The van der Waals surface area contributed by atoms with Crippen LogP contribution in [0.5, 0.6) is 0 Å². The molecule has 23 heavy (non-hydrogen) atoms. The van der Waals surface area contributed by atoms with E-state index in [1.54, 1.807) is 25.2 Å². The zero-order chi connectivity index (χ0) is 16.2. The molecular weight excluding hydrogens is 288 g/mol. The summed E-state index contributed by atoms with van der Waals surface area (Å²) in [5.74, 6) is 0.738. The number of hydrogen-bond donors (Lipinski definition) is 1. The van der Waals surface area contributed by atoms with E-state index in [2.05, 4.69) is 15.3 Å². The summed E-state index contributed by atoms with van der Waals surface area (Å²) in [5.41, 5.74) is 3.51. The first-order chi connectivity index (χ1) is 11.1. The van der Waals surface area contributed by atoms with Crippen molar-refractivity contribution >= 4 is 22.8 Å². The molecular formula is C18H18N4O. The molecule has 1 N–H and O–H groups in total. The van der Waals surface area contributed by atoms with Gasteiger partial charge in [-0.05, 0) is 29.8 Å². The number of nitrogens with one attached hydrogen (secondary N) is 1. The summed E-state index contributed by atoms with van der Waals surface area (Å²) in [4.78, 5) is 22.3. The Hall–Kier alpha value is -2.95. The molecule has 0 saturated carbocycles. The molecule has 0 spiro atoms. The van der Waals surface area contributed by atoms with Crippen LogP contribution < -0.4 is 5.32 Å². The Kier molecular flexibility index (Phi) is 4.19. The normalized spacial score (nSPS) is 10.5. The minimum absolute atomic E-state index is 0.00454. The van der Waals surface area contributed by atoms with Crippen LogP contribution in [0.1, 0.15) is 15.9 Å². The summed E-state index contributed by atoms with van der Waals surface area (Å²) in [5, 5.41) is 3.26. The Morgan fingerprint density at radius 2 is 1.74 bits per heavy atom. The summed E-state index contributed by atoms with van der Waals surface area (Å²) >= 11 is 0. The smallest absolute Gasteiger partial charge is 0.253 e. The second-order valence-electron chi connectivity index (χ2n) is 5.49. The molecule has 0 radical (unpaired) electrons. The van der Waals surface area contributed by atoms with Gasteiger partial charge in [-0.1, -0.05) is 24.3 Å². The van der Waals surface area contributed by atoms with E-state index in [-0.39, 0.29) is 5.91 Å². The molecule has 3 rings (SSSR count). The standard InChI is InChI=1S/C18H18N4O/c1-22(2)18(23)14-9-7-13(8-10-14)11-20-17-12-19-15-5-3-4-6-16(15)21-17/h3-10,12H,11H2,1-2H3,(H,20,21). The summed E-state index contributed by atoms with van der Waals surface area (Å²) in [6.45, 7) is 0.628. The van der Waals surface area contributed by atoms with E-state index in [9.17, 15) is 4.79 Å². The van der Waals surface area contributed by atoms with Gasteiger partial charge >= 0.3 is 0 Å². The lowest BCUT2D eigenvalue weighted by molar-refractivity contribution is 0.0827. The van der Waals surface area contributed by atoms with Crippen LogP contribution in [0.3, 0.4) is 0 Å². The lowest BCUT2D eigenvalue weighted by atomic mass is 10.1. The maximum atomic E-state index is 11.9. The highest BCUT2D eigenvalue weighted by atomic mass is 16.2. The molecule has 2 aromatic carbocycles. The molecule has 0 aliphatic heterocycles. The number of hydrogen-bond acceptors (Lipinski definition) is 4. The molecule has 3 aromatic rings. The average molecular weight is 306 g/mol. The Morgan fingerprint density at radius 3 is 2.43 bits per heavy atom. The second kappa shape index (κ2) is 6.44. The fourth-order valence-electron chi connectivity index (χ4n) is 2.26. The number of aromatic nitrogens is 2. The van der Waals surface area contributed by atoms with Crippen LogP contribution in [0.2, 0.25) is 0 Å². The Morgan fingerprint density at radius 1 is 1.04 bits per heavy atom. The number of nitrogens with zero attached hydrogens (tertiary/aromatic N) is 3. The van der Waals surface area contributed by atoms with Gasteiger partial charge < -0.3 is 10.2 Å². The molecule has 0 unspecified atom stereocenters. The SMILES string of the molecule is CN(C)C(=O)c1ccc(CNc2cnc3ccccc3n2)cc1. The van der Waals surface area contributed by atoms with Gasteiger partial charge in [-0.2, -0.15) is 0 Å². The minimum Gasteiger partial charge on any atom is -0.365 e. The Bertz CT molecular complexity index is 828. The monoisotopic (exact) mass is 306 g/mol. The number of fused-ring (bicyclic) bond motifs is 1. The van der Waals surface area contributed by atoms with Gasteiger partial charge in [0.15, 0.2) is 0 Å². The van der Waals surface area contributed by atoms with E-state index in [0.717, 1.165) is 22.4 Å². The van der Waals surface area contributed by atoms with E-state index in [4.69, 9.17) is 0 Å². The van der Waals surface area contributed by atoms with Crippen molar-refractivity contribution in [2.45, 2.75) is 6.54 Å². The fraction of sp³-hybridized carbons (Fsp3) is 0.167. The number of rotatable bonds is 4. The molecule has 0 saturated heterocycles. The zero-order valence-corrected chi connectivity index (χ0v) is 13.2. The lowest BCUT2D eigenvalue weighted by Crippen LogP contribution is -2.21. The third-order valence-corrected chi connectivity index (χ3v) is 3.53.